The average molecular weight is 262 g/mol. The Labute approximate surface area is 108 Å². The van der Waals surface area contributed by atoms with Crippen molar-refractivity contribution in [2.24, 2.45) is 5.73 Å². The first-order valence-electron chi connectivity index (χ1n) is 5.94. The summed E-state index contributed by atoms with van der Waals surface area (Å²) in [5.74, 6) is 0.295. The van der Waals surface area contributed by atoms with Gasteiger partial charge < -0.3 is 15.7 Å². The van der Waals surface area contributed by atoms with E-state index >= 15 is 0 Å². The summed E-state index contributed by atoms with van der Waals surface area (Å²) in [6.45, 7) is 2.68. The van der Waals surface area contributed by atoms with Gasteiger partial charge in [0.05, 0.1) is 0 Å². The van der Waals surface area contributed by atoms with Crippen LogP contribution in [-0.2, 0) is 4.79 Å². The van der Waals surface area contributed by atoms with Gasteiger partial charge in [0, 0.05) is 24.8 Å². The van der Waals surface area contributed by atoms with Crippen LogP contribution in [0.5, 0.6) is 0 Å². The highest BCUT2D eigenvalue weighted by Gasteiger charge is 2.42. The molecular weight excluding hydrogens is 248 g/mol. The van der Waals surface area contributed by atoms with E-state index in [1.165, 1.54) is 6.33 Å². The maximum absolute atomic E-state index is 11.2. The van der Waals surface area contributed by atoms with Crippen molar-refractivity contribution in [3.63, 3.8) is 0 Å². The number of hydrogen-bond donors (Lipinski definition) is 2. The second-order valence-electron chi connectivity index (χ2n) is 4.86. The van der Waals surface area contributed by atoms with E-state index in [1.54, 1.807) is 4.52 Å². The summed E-state index contributed by atoms with van der Waals surface area (Å²) in [6, 6.07) is 1.86. The highest BCUT2D eigenvalue weighted by Crippen LogP contribution is 2.25. The fourth-order valence-corrected chi connectivity index (χ4v) is 2.34. The molecule has 0 amide bonds. The summed E-state index contributed by atoms with van der Waals surface area (Å²) in [5.41, 5.74) is 5.49. The average Bonchev–Trinajstić information content (AvgIpc) is 2.95. The Kier molecular flexibility index (Phi) is 2.42. The second-order valence-corrected chi connectivity index (χ2v) is 4.86. The highest BCUT2D eigenvalue weighted by atomic mass is 16.4. The Morgan fingerprint density at radius 3 is 3.05 bits per heavy atom. The van der Waals surface area contributed by atoms with Gasteiger partial charge in [-0.2, -0.15) is 14.6 Å². The van der Waals surface area contributed by atoms with Crippen molar-refractivity contribution in [3.05, 3.63) is 18.1 Å². The van der Waals surface area contributed by atoms with E-state index in [9.17, 15) is 4.79 Å². The van der Waals surface area contributed by atoms with Crippen LogP contribution in [0.3, 0.4) is 0 Å². The summed E-state index contributed by atoms with van der Waals surface area (Å²) in [6.07, 6.45) is 1.83. The Hall–Kier alpha value is -2.22. The van der Waals surface area contributed by atoms with Crippen LogP contribution in [-0.4, -0.2) is 49.3 Å². The van der Waals surface area contributed by atoms with E-state index in [0.29, 0.717) is 18.7 Å². The molecule has 8 heteroatoms. The van der Waals surface area contributed by atoms with E-state index in [-0.39, 0.29) is 6.54 Å². The molecule has 1 aliphatic rings. The molecule has 3 N–H and O–H groups in total. The van der Waals surface area contributed by atoms with Crippen LogP contribution in [0, 0.1) is 6.92 Å². The maximum Gasteiger partial charge on any atom is 0.325 e. The predicted octanol–water partition coefficient (Wildman–Crippen LogP) is -0.575. The zero-order valence-electron chi connectivity index (χ0n) is 10.4. The topological polar surface area (TPSA) is 110 Å². The van der Waals surface area contributed by atoms with Crippen molar-refractivity contribution in [1.29, 1.82) is 0 Å². The number of carboxylic acid groups (broad SMARTS) is 1. The Balaban J connectivity index is 2.02. The Morgan fingerprint density at radius 1 is 1.58 bits per heavy atom. The largest absolute Gasteiger partial charge is 0.480 e. The van der Waals surface area contributed by atoms with Crippen molar-refractivity contribution < 1.29 is 9.90 Å². The molecule has 8 nitrogen and oxygen atoms in total. The summed E-state index contributed by atoms with van der Waals surface area (Å²) in [7, 11) is 0. The van der Waals surface area contributed by atoms with Gasteiger partial charge in [-0.25, -0.2) is 4.98 Å². The van der Waals surface area contributed by atoms with Crippen molar-refractivity contribution in [2.75, 3.05) is 18.0 Å². The van der Waals surface area contributed by atoms with Crippen LogP contribution in [0.2, 0.25) is 0 Å². The number of carbonyl (C=O) groups is 1. The summed E-state index contributed by atoms with van der Waals surface area (Å²) in [4.78, 5) is 21.4. The molecule has 0 aromatic carbocycles. The smallest absolute Gasteiger partial charge is 0.325 e. The quantitative estimate of drug-likeness (QED) is 0.745. The lowest BCUT2D eigenvalue weighted by atomic mass is 10.0. The van der Waals surface area contributed by atoms with E-state index in [0.717, 1.165) is 11.5 Å². The van der Waals surface area contributed by atoms with Crippen LogP contribution < -0.4 is 10.6 Å². The molecule has 1 fully saturated rings. The van der Waals surface area contributed by atoms with E-state index in [4.69, 9.17) is 10.8 Å². The van der Waals surface area contributed by atoms with Crippen molar-refractivity contribution in [2.45, 2.75) is 18.9 Å². The van der Waals surface area contributed by atoms with Crippen molar-refractivity contribution in [3.8, 4) is 0 Å². The fourth-order valence-electron chi connectivity index (χ4n) is 2.34. The van der Waals surface area contributed by atoms with Crippen LogP contribution in [0.25, 0.3) is 5.78 Å². The number of nitrogens with two attached hydrogens (primary N) is 1. The van der Waals surface area contributed by atoms with Gasteiger partial charge in [-0.05, 0) is 13.3 Å². The SMILES string of the molecule is Cc1cc(N2CCC(N)(C(=O)O)C2)n2ncnc2n1. The first-order valence-corrected chi connectivity index (χ1v) is 5.94. The van der Waals surface area contributed by atoms with Gasteiger partial charge >= 0.3 is 5.97 Å². The van der Waals surface area contributed by atoms with Gasteiger partial charge in [-0.15, -0.1) is 0 Å². The molecule has 1 aliphatic heterocycles. The molecule has 1 atom stereocenters. The van der Waals surface area contributed by atoms with Gasteiger partial charge in [-0.1, -0.05) is 0 Å². The molecule has 3 rings (SSSR count). The molecular formula is C11H14N6O2. The molecule has 2 aromatic heterocycles. The third kappa shape index (κ3) is 1.80. The molecule has 1 saturated heterocycles. The predicted molar refractivity (Wildman–Crippen MR) is 66.9 cm³/mol. The molecule has 0 aliphatic carbocycles. The van der Waals surface area contributed by atoms with Gasteiger partial charge in [0.15, 0.2) is 0 Å². The molecule has 0 radical (unpaired) electrons. The lowest BCUT2D eigenvalue weighted by molar-refractivity contribution is -0.142. The molecule has 0 bridgehead atoms. The molecule has 19 heavy (non-hydrogen) atoms. The van der Waals surface area contributed by atoms with Crippen LogP contribution in [0.1, 0.15) is 12.1 Å². The molecule has 2 aromatic rings. The van der Waals surface area contributed by atoms with Crippen LogP contribution >= 0.6 is 0 Å². The number of fused-ring (bicyclic) bond motifs is 1. The van der Waals surface area contributed by atoms with E-state index in [2.05, 4.69) is 15.1 Å². The Morgan fingerprint density at radius 2 is 2.37 bits per heavy atom. The zero-order chi connectivity index (χ0) is 13.6. The Bertz CT molecular complexity index is 654. The van der Waals surface area contributed by atoms with Gasteiger partial charge in [0.2, 0.25) is 0 Å². The number of hydrogen-bond acceptors (Lipinski definition) is 6. The molecule has 3 heterocycles. The van der Waals surface area contributed by atoms with Crippen molar-refractivity contribution >= 4 is 17.6 Å². The summed E-state index contributed by atoms with van der Waals surface area (Å²) >= 11 is 0. The van der Waals surface area contributed by atoms with E-state index in [1.807, 2.05) is 17.9 Å². The molecule has 0 spiro atoms. The number of carboxylic acids is 1. The van der Waals surface area contributed by atoms with E-state index < -0.39 is 11.5 Å². The third-order valence-electron chi connectivity index (χ3n) is 3.41. The number of rotatable bonds is 2. The van der Waals surface area contributed by atoms with Gasteiger partial charge in [0.25, 0.3) is 5.78 Å². The minimum atomic E-state index is -1.20. The number of aryl methyl sites for hydroxylation is 1. The van der Waals surface area contributed by atoms with Crippen molar-refractivity contribution in [1.82, 2.24) is 19.6 Å². The maximum atomic E-state index is 11.2. The zero-order valence-corrected chi connectivity index (χ0v) is 10.4. The number of aromatic nitrogens is 4. The third-order valence-corrected chi connectivity index (χ3v) is 3.41. The summed E-state index contributed by atoms with van der Waals surface area (Å²) in [5, 5.41) is 13.3. The highest BCUT2D eigenvalue weighted by molar-refractivity contribution is 5.80. The van der Waals surface area contributed by atoms with Crippen LogP contribution in [0.15, 0.2) is 12.4 Å². The van der Waals surface area contributed by atoms with Gasteiger partial charge in [-0.3, -0.25) is 4.79 Å². The second kappa shape index (κ2) is 3.89. The lowest BCUT2D eigenvalue weighted by Gasteiger charge is -2.22. The monoisotopic (exact) mass is 262 g/mol. The number of aliphatic carboxylic acids is 1. The lowest BCUT2D eigenvalue weighted by Crippen LogP contribution is -2.50. The minimum Gasteiger partial charge on any atom is -0.480 e. The van der Waals surface area contributed by atoms with Crippen LogP contribution in [0.4, 0.5) is 5.82 Å². The number of anilines is 1. The first kappa shape index (κ1) is 11.8. The molecule has 100 valence electrons. The summed E-state index contributed by atoms with van der Waals surface area (Å²) < 4.78 is 1.60. The normalized spacial score (nSPS) is 23.2. The van der Waals surface area contributed by atoms with Gasteiger partial charge in [0.1, 0.15) is 17.7 Å². The minimum absolute atomic E-state index is 0.251. The number of nitrogens with zero attached hydrogens (tertiary/aromatic N) is 5. The first-order chi connectivity index (χ1) is 8.99. The molecule has 1 unspecified atom stereocenters. The fraction of sp³-hybridized carbons (Fsp3) is 0.455. The standard InChI is InChI=1S/C11H14N6O2/c1-7-4-8(17-10(15-7)13-6-14-17)16-3-2-11(12,5-16)9(18)19/h4,6H,2-3,5,12H2,1H3,(H,18,19). The molecule has 0 saturated carbocycles.